The van der Waals surface area contributed by atoms with Gasteiger partial charge in [-0.3, -0.25) is 9.11 Å². The second kappa shape index (κ2) is 8.75. The van der Waals surface area contributed by atoms with Gasteiger partial charge in [-0.15, -0.1) is 0 Å². The van der Waals surface area contributed by atoms with Crippen molar-refractivity contribution in [3.63, 3.8) is 0 Å². The van der Waals surface area contributed by atoms with Crippen LogP contribution in [0.25, 0.3) is 11.4 Å². The summed E-state index contributed by atoms with van der Waals surface area (Å²) < 4.78 is 27.0. The summed E-state index contributed by atoms with van der Waals surface area (Å²) in [6.45, 7) is 5.91. The predicted molar refractivity (Wildman–Crippen MR) is 130 cm³/mol. The van der Waals surface area contributed by atoms with Gasteiger partial charge in [-0.1, -0.05) is 6.92 Å². The smallest absolute Gasteiger partial charge is 0.319 e. The van der Waals surface area contributed by atoms with Gasteiger partial charge in [0.2, 0.25) is 0 Å². The van der Waals surface area contributed by atoms with Crippen LogP contribution in [0.2, 0.25) is 0 Å². The number of ether oxygens (including phenoxy) is 1. The van der Waals surface area contributed by atoms with Gasteiger partial charge in [0.15, 0.2) is 5.82 Å². The Morgan fingerprint density at radius 2 is 2.00 bits per heavy atom. The van der Waals surface area contributed by atoms with Crippen molar-refractivity contribution >= 4 is 28.1 Å². The van der Waals surface area contributed by atoms with Gasteiger partial charge in [0.05, 0.1) is 36.0 Å². The molecule has 2 atom stereocenters. The normalized spacial score (nSPS) is 24.8. The summed E-state index contributed by atoms with van der Waals surface area (Å²) in [6.07, 6.45) is 2.98. The summed E-state index contributed by atoms with van der Waals surface area (Å²) >= 11 is 0. The Balaban J connectivity index is 1.47. The molecule has 1 aromatic carbocycles. The maximum atomic E-state index is 12.0. The number of carbonyl (C=O) groups excluding carboxylic acids is 1. The molecular weight excluding hydrogens is 442 g/mol. The summed E-state index contributed by atoms with van der Waals surface area (Å²) in [7, 11) is -2.81. The maximum Gasteiger partial charge on any atom is 0.319 e. The van der Waals surface area contributed by atoms with E-state index in [0.29, 0.717) is 43.0 Å². The third-order valence-electron chi connectivity index (χ3n) is 6.61. The molecule has 9 nitrogen and oxygen atoms in total. The van der Waals surface area contributed by atoms with Crippen molar-refractivity contribution < 1.29 is 18.6 Å². The number of urea groups is 1. The zero-order valence-electron chi connectivity index (χ0n) is 19.0. The molecule has 3 aliphatic rings. The molecule has 0 spiro atoms. The van der Waals surface area contributed by atoms with Gasteiger partial charge in [-0.2, -0.15) is 10.6 Å². The van der Waals surface area contributed by atoms with Crippen LogP contribution in [-0.2, 0) is 10.5 Å². The molecule has 4 N–H and O–H groups in total. The first-order valence-corrected chi connectivity index (χ1v) is 13.3. The molecule has 1 saturated carbocycles. The quantitative estimate of drug-likeness (QED) is 0.509. The third kappa shape index (κ3) is 4.52. The molecule has 3 heterocycles. The van der Waals surface area contributed by atoms with Crippen LogP contribution in [0.1, 0.15) is 49.6 Å². The van der Waals surface area contributed by atoms with Crippen LogP contribution >= 0.6 is 10.6 Å². The number of benzene rings is 1. The van der Waals surface area contributed by atoms with E-state index in [9.17, 15) is 13.9 Å². The highest BCUT2D eigenvalue weighted by molar-refractivity contribution is 8.24. The minimum absolute atomic E-state index is 0.147. The van der Waals surface area contributed by atoms with Crippen molar-refractivity contribution in [3.05, 3.63) is 35.5 Å². The lowest BCUT2D eigenvalue weighted by Crippen LogP contribution is -2.46. The van der Waals surface area contributed by atoms with Crippen molar-refractivity contribution in [2.45, 2.75) is 56.2 Å². The number of nitrogens with one attached hydrogen (secondary N) is 2. The van der Waals surface area contributed by atoms with E-state index < -0.39 is 15.8 Å². The summed E-state index contributed by atoms with van der Waals surface area (Å²) in [5, 5.41) is 5.35. The largest absolute Gasteiger partial charge is 0.377 e. The van der Waals surface area contributed by atoms with Crippen molar-refractivity contribution in [1.29, 1.82) is 0 Å². The Morgan fingerprint density at radius 1 is 1.24 bits per heavy atom. The van der Waals surface area contributed by atoms with Gasteiger partial charge >= 0.3 is 6.03 Å². The van der Waals surface area contributed by atoms with E-state index in [1.54, 1.807) is 0 Å². The predicted octanol–water partition coefficient (Wildman–Crippen LogP) is 4.37. The van der Waals surface area contributed by atoms with Gasteiger partial charge in [0.1, 0.15) is 5.82 Å². The van der Waals surface area contributed by atoms with Gasteiger partial charge in [-0.05, 0) is 50.5 Å². The standard InChI is InChI=1S/C23H31N5O4S/c1-3-18-12-32-11-10-28(18)22-20-14(2)33(30,31)13-19(20)26-21(27-22)15-4-6-16(7-5-15)24-23(29)25-17-8-9-17/h4-7,14,17-18,30-31H,3,8-13H2,1-2H3,(H2,24,25,29)/t14?,18-/m0/s1. The first kappa shape index (κ1) is 22.4. The summed E-state index contributed by atoms with van der Waals surface area (Å²) in [4.78, 5) is 23.9. The van der Waals surface area contributed by atoms with Crippen LogP contribution in [-0.4, -0.2) is 56.9 Å². The number of anilines is 2. The van der Waals surface area contributed by atoms with Crippen molar-refractivity contribution in [2.75, 3.05) is 30.0 Å². The Hall–Kier alpha value is -2.40. The average Bonchev–Trinajstić information content (AvgIpc) is 3.58. The van der Waals surface area contributed by atoms with Crippen LogP contribution in [0.15, 0.2) is 24.3 Å². The van der Waals surface area contributed by atoms with Crippen LogP contribution in [0.5, 0.6) is 0 Å². The SMILES string of the molecule is CC[C@H]1COCCN1c1nc(-c2ccc(NC(=O)NC3CC3)cc2)nc2c1C(C)S(O)(O)C2. The van der Waals surface area contributed by atoms with Gasteiger partial charge in [0.25, 0.3) is 0 Å². The van der Waals surface area contributed by atoms with E-state index in [4.69, 9.17) is 14.7 Å². The molecule has 0 bridgehead atoms. The number of carbonyl (C=O) groups is 1. The number of hydrogen-bond donors (Lipinski definition) is 4. The number of nitrogens with zero attached hydrogens (tertiary/aromatic N) is 3. The second-order valence-electron chi connectivity index (χ2n) is 9.02. The maximum absolute atomic E-state index is 12.0. The van der Waals surface area contributed by atoms with E-state index >= 15 is 0 Å². The molecule has 33 heavy (non-hydrogen) atoms. The van der Waals surface area contributed by atoms with Crippen LogP contribution in [0.4, 0.5) is 16.3 Å². The summed E-state index contributed by atoms with van der Waals surface area (Å²) in [6, 6.07) is 7.70. The zero-order valence-corrected chi connectivity index (χ0v) is 19.8. The zero-order chi connectivity index (χ0) is 23.2. The van der Waals surface area contributed by atoms with Crippen LogP contribution < -0.4 is 15.5 Å². The molecule has 2 aromatic rings. The molecule has 1 unspecified atom stereocenters. The molecule has 1 saturated heterocycles. The molecule has 2 aliphatic heterocycles. The number of rotatable bonds is 5. The number of amides is 2. The lowest BCUT2D eigenvalue weighted by Gasteiger charge is -2.38. The summed E-state index contributed by atoms with van der Waals surface area (Å²) in [5.41, 5.74) is 3.05. The van der Waals surface area contributed by atoms with E-state index in [-0.39, 0.29) is 17.8 Å². The monoisotopic (exact) mass is 473 g/mol. The third-order valence-corrected chi connectivity index (χ3v) is 8.68. The van der Waals surface area contributed by atoms with E-state index in [2.05, 4.69) is 22.5 Å². The summed E-state index contributed by atoms with van der Waals surface area (Å²) in [5.74, 6) is 1.47. The second-order valence-corrected chi connectivity index (χ2v) is 11.4. The molecule has 10 heteroatoms. The van der Waals surface area contributed by atoms with Crippen molar-refractivity contribution in [3.8, 4) is 11.4 Å². The van der Waals surface area contributed by atoms with Gasteiger partial charge in [0, 0.05) is 29.4 Å². The highest BCUT2D eigenvalue weighted by Crippen LogP contribution is 2.63. The van der Waals surface area contributed by atoms with E-state index in [1.807, 2.05) is 31.2 Å². The Kier molecular flexibility index (Phi) is 5.94. The Morgan fingerprint density at radius 3 is 2.70 bits per heavy atom. The van der Waals surface area contributed by atoms with Crippen LogP contribution in [0.3, 0.4) is 0 Å². The minimum Gasteiger partial charge on any atom is -0.377 e. The fourth-order valence-electron chi connectivity index (χ4n) is 4.45. The number of hydrogen-bond acceptors (Lipinski definition) is 7. The number of aromatic nitrogens is 2. The average molecular weight is 474 g/mol. The minimum atomic E-state index is -2.81. The first-order chi connectivity index (χ1) is 15.9. The Labute approximate surface area is 195 Å². The molecule has 1 aromatic heterocycles. The molecular formula is C23H31N5O4S. The molecule has 5 rings (SSSR count). The topological polar surface area (TPSA) is 120 Å². The lowest BCUT2D eigenvalue weighted by atomic mass is 10.1. The highest BCUT2D eigenvalue weighted by Gasteiger charge is 2.40. The fourth-order valence-corrected chi connectivity index (χ4v) is 5.94. The van der Waals surface area contributed by atoms with Crippen molar-refractivity contribution in [1.82, 2.24) is 15.3 Å². The molecule has 2 fully saturated rings. The van der Waals surface area contributed by atoms with E-state index in [0.717, 1.165) is 36.2 Å². The molecule has 1 aliphatic carbocycles. The van der Waals surface area contributed by atoms with Crippen LogP contribution in [0, 0.1) is 0 Å². The highest BCUT2D eigenvalue weighted by atomic mass is 32.3. The fraction of sp³-hybridized carbons (Fsp3) is 0.522. The number of morpholine rings is 1. The first-order valence-electron chi connectivity index (χ1n) is 11.5. The Bertz CT molecular complexity index is 1040. The lowest BCUT2D eigenvalue weighted by molar-refractivity contribution is 0.0924. The number of fused-ring (bicyclic) bond motifs is 1. The van der Waals surface area contributed by atoms with Gasteiger partial charge < -0.3 is 20.3 Å². The molecule has 2 amide bonds. The van der Waals surface area contributed by atoms with Gasteiger partial charge in [-0.25, -0.2) is 14.8 Å². The van der Waals surface area contributed by atoms with Crippen molar-refractivity contribution in [2.24, 2.45) is 0 Å². The molecule has 0 radical (unpaired) electrons. The molecule has 178 valence electrons. The van der Waals surface area contributed by atoms with E-state index in [1.165, 1.54) is 0 Å².